The maximum atomic E-state index is 12.3. The number of benzene rings is 1. The molecule has 0 saturated carbocycles. The van der Waals surface area contributed by atoms with Crippen LogP contribution in [-0.4, -0.2) is 46.9 Å². The van der Waals surface area contributed by atoms with E-state index in [9.17, 15) is 10.1 Å². The summed E-state index contributed by atoms with van der Waals surface area (Å²) in [7, 11) is 0. The van der Waals surface area contributed by atoms with Crippen LogP contribution in [0.5, 0.6) is 0 Å². The number of nitrogens with zero attached hydrogens (tertiary/aromatic N) is 4. The van der Waals surface area contributed by atoms with Gasteiger partial charge >= 0.3 is 0 Å². The molecule has 2 heterocycles. The molecule has 1 aromatic carbocycles. The Kier molecular flexibility index (Phi) is 6.55. The van der Waals surface area contributed by atoms with Crippen LogP contribution < -0.4 is 5.32 Å². The molecule has 6 nitrogen and oxygen atoms in total. The standard InChI is InChI=1S/C21H23N5O/c22-13-20(21(27)24-15-19-7-4-8-23-14-19)17-26-11-9-25(10-12-26)16-18-5-2-1-3-6-18/h1-8,14,17H,9-12,15-16H2,(H,24,27)/b20-17-. The van der Waals surface area contributed by atoms with Gasteiger partial charge in [0.05, 0.1) is 0 Å². The number of nitriles is 1. The zero-order valence-electron chi connectivity index (χ0n) is 15.2. The van der Waals surface area contributed by atoms with Gasteiger partial charge in [-0.15, -0.1) is 0 Å². The van der Waals surface area contributed by atoms with Gasteiger partial charge in [0.15, 0.2) is 0 Å². The molecule has 1 aliphatic heterocycles. The molecule has 0 aliphatic carbocycles. The lowest BCUT2D eigenvalue weighted by Gasteiger charge is -2.34. The van der Waals surface area contributed by atoms with Gasteiger partial charge in [0.1, 0.15) is 11.6 Å². The molecule has 27 heavy (non-hydrogen) atoms. The van der Waals surface area contributed by atoms with Crippen molar-refractivity contribution < 1.29 is 4.79 Å². The first-order valence-electron chi connectivity index (χ1n) is 9.04. The van der Waals surface area contributed by atoms with E-state index in [0.717, 1.165) is 38.3 Å². The third kappa shape index (κ3) is 5.66. The lowest BCUT2D eigenvalue weighted by Crippen LogP contribution is -2.44. The molecule has 0 bridgehead atoms. The smallest absolute Gasteiger partial charge is 0.263 e. The Labute approximate surface area is 159 Å². The number of piperazine rings is 1. The summed E-state index contributed by atoms with van der Waals surface area (Å²) >= 11 is 0. The van der Waals surface area contributed by atoms with E-state index >= 15 is 0 Å². The first kappa shape index (κ1) is 18.6. The van der Waals surface area contributed by atoms with Crippen LogP contribution in [0.1, 0.15) is 11.1 Å². The fraction of sp³-hybridized carbons (Fsp3) is 0.286. The average Bonchev–Trinajstić information content (AvgIpc) is 2.73. The molecular weight excluding hydrogens is 338 g/mol. The number of aromatic nitrogens is 1. The van der Waals surface area contributed by atoms with Crippen LogP contribution in [0.2, 0.25) is 0 Å². The van der Waals surface area contributed by atoms with Crippen molar-refractivity contribution in [1.29, 1.82) is 5.26 Å². The van der Waals surface area contributed by atoms with Crippen LogP contribution in [0.15, 0.2) is 66.6 Å². The number of carbonyl (C=O) groups excluding carboxylic acids is 1. The van der Waals surface area contributed by atoms with Crippen molar-refractivity contribution >= 4 is 5.91 Å². The lowest BCUT2D eigenvalue weighted by molar-refractivity contribution is -0.117. The summed E-state index contributed by atoms with van der Waals surface area (Å²) in [5, 5.41) is 12.1. The SMILES string of the molecule is N#C/C(=C/N1CCN(Cc2ccccc2)CC1)C(=O)NCc1cccnc1. The summed E-state index contributed by atoms with van der Waals surface area (Å²) in [5.74, 6) is -0.354. The normalized spacial score (nSPS) is 15.2. The van der Waals surface area contributed by atoms with Crippen LogP contribution in [0.3, 0.4) is 0 Å². The Bertz CT molecular complexity index is 805. The van der Waals surface area contributed by atoms with Crippen LogP contribution in [-0.2, 0) is 17.9 Å². The van der Waals surface area contributed by atoms with Gasteiger partial charge in [-0.3, -0.25) is 14.7 Å². The van der Waals surface area contributed by atoms with Crippen molar-refractivity contribution in [3.8, 4) is 6.07 Å². The lowest BCUT2D eigenvalue weighted by atomic mass is 10.2. The molecular formula is C21H23N5O. The fourth-order valence-corrected chi connectivity index (χ4v) is 2.99. The quantitative estimate of drug-likeness (QED) is 0.629. The van der Waals surface area contributed by atoms with Gasteiger partial charge in [-0.1, -0.05) is 36.4 Å². The first-order valence-corrected chi connectivity index (χ1v) is 9.04. The Morgan fingerprint density at radius 3 is 2.52 bits per heavy atom. The van der Waals surface area contributed by atoms with E-state index in [0.29, 0.717) is 6.54 Å². The predicted molar refractivity (Wildman–Crippen MR) is 103 cm³/mol. The topological polar surface area (TPSA) is 72.3 Å². The first-order chi connectivity index (χ1) is 13.2. The summed E-state index contributed by atoms with van der Waals surface area (Å²) in [6.45, 7) is 4.69. The molecule has 138 valence electrons. The number of hydrogen-bond donors (Lipinski definition) is 1. The minimum absolute atomic E-state index is 0.135. The number of nitrogens with one attached hydrogen (secondary N) is 1. The molecule has 1 N–H and O–H groups in total. The number of carbonyl (C=O) groups is 1. The molecule has 1 fully saturated rings. The molecule has 1 saturated heterocycles. The van der Waals surface area contributed by atoms with Crippen molar-refractivity contribution in [1.82, 2.24) is 20.1 Å². The van der Waals surface area contributed by atoms with Crippen LogP contribution >= 0.6 is 0 Å². The molecule has 0 spiro atoms. The minimum atomic E-state index is -0.354. The second-order valence-electron chi connectivity index (χ2n) is 6.50. The molecule has 0 radical (unpaired) electrons. The fourth-order valence-electron chi connectivity index (χ4n) is 2.99. The van der Waals surface area contributed by atoms with Crippen LogP contribution in [0.25, 0.3) is 0 Å². The number of pyridine rings is 1. The summed E-state index contributed by atoms with van der Waals surface area (Å²) in [4.78, 5) is 20.7. The van der Waals surface area contributed by atoms with Crippen molar-refractivity contribution in [2.75, 3.05) is 26.2 Å². The van der Waals surface area contributed by atoms with E-state index in [2.05, 4.69) is 39.5 Å². The summed E-state index contributed by atoms with van der Waals surface area (Å²) < 4.78 is 0. The molecule has 1 amide bonds. The minimum Gasteiger partial charge on any atom is -0.374 e. The molecule has 2 aromatic rings. The van der Waals surface area contributed by atoms with Gasteiger partial charge in [0.2, 0.25) is 0 Å². The predicted octanol–water partition coefficient (Wildman–Crippen LogP) is 1.92. The van der Waals surface area contributed by atoms with E-state index in [1.807, 2.05) is 29.2 Å². The Morgan fingerprint density at radius 1 is 1.11 bits per heavy atom. The summed E-state index contributed by atoms with van der Waals surface area (Å²) in [5.41, 5.74) is 2.34. The van der Waals surface area contributed by atoms with E-state index in [4.69, 9.17) is 0 Å². The third-order valence-corrected chi connectivity index (χ3v) is 4.51. The van der Waals surface area contributed by atoms with Crippen molar-refractivity contribution in [3.63, 3.8) is 0 Å². The van der Waals surface area contributed by atoms with E-state index in [1.54, 1.807) is 18.6 Å². The van der Waals surface area contributed by atoms with Gasteiger partial charge in [-0.05, 0) is 17.2 Å². The number of hydrogen-bond acceptors (Lipinski definition) is 5. The highest BCUT2D eigenvalue weighted by Gasteiger charge is 2.17. The van der Waals surface area contributed by atoms with Gasteiger partial charge in [-0.2, -0.15) is 5.26 Å². The Hall–Kier alpha value is -3.17. The molecule has 1 aliphatic rings. The zero-order chi connectivity index (χ0) is 18.9. The van der Waals surface area contributed by atoms with Gasteiger partial charge in [0.25, 0.3) is 5.91 Å². The Morgan fingerprint density at radius 2 is 1.85 bits per heavy atom. The summed E-state index contributed by atoms with van der Waals surface area (Å²) in [6.07, 6.45) is 5.06. The number of amides is 1. The highest BCUT2D eigenvalue weighted by molar-refractivity contribution is 5.97. The Balaban J connectivity index is 1.49. The molecule has 3 rings (SSSR count). The second-order valence-corrected chi connectivity index (χ2v) is 6.50. The number of rotatable bonds is 6. The molecule has 6 heteroatoms. The molecule has 0 unspecified atom stereocenters. The van der Waals surface area contributed by atoms with Crippen molar-refractivity contribution in [2.24, 2.45) is 0 Å². The monoisotopic (exact) mass is 361 g/mol. The van der Waals surface area contributed by atoms with Crippen molar-refractivity contribution in [3.05, 3.63) is 77.8 Å². The maximum Gasteiger partial charge on any atom is 0.263 e. The highest BCUT2D eigenvalue weighted by Crippen LogP contribution is 2.10. The molecule has 1 aromatic heterocycles. The third-order valence-electron chi connectivity index (χ3n) is 4.51. The van der Waals surface area contributed by atoms with E-state index in [-0.39, 0.29) is 11.5 Å². The largest absolute Gasteiger partial charge is 0.374 e. The van der Waals surface area contributed by atoms with Gasteiger partial charge in [-0.25, -0.2) is 0 Å². The van der Waals surface area contributed by atoms with Gasteiger partial charge < -0.3 is 10.2 Å². The van der Waals surface area contributed by atoms with Crippen LogP contribution in [0.4, 0.5) is 0 Å². The van der Waals surface area contributed by atoms with Gasteiger partial charge in [0, 0.05) is 57.9 Å². The maximum absolute atomic E-state index is 12.3. The highest BCUT2D eigenvalue weighted by atomic mass is 16.1. The second kappa shape index (κ2) is 9.51. The van der Waals surface area contributed by atoms with Crippen molar-refractivity contribution in [2.45, 2.75) is 13.1 Å². The molecule has 0 atom stereocenters. The van der Waals surface area contributed by atoms with E-state index < -0.39 is 0 Å². The zero-order valence-corrected chi connectivity index (χ0v) is 15.2. The summed E-state index contributed by atoms with van der Waals surface area (Å²) in [6, 6.07) is 16.1. The average molecular weight is 361 g/mol. The van der Waals surface area contributed by atoms with E-state index in [1.165, 1.54) is 5.56 Å². The van der Waals surface area contributed by atoms with Crippen LogP contribution in [0, 0.1) is 11.3 Å².